The average Bonchev–Trinajstić information content (AvgIpc) is 2.99. The van der Waals surface area contributed by atoms with Crippen molar-refractivity contribution in [2.45, 2.75) is 217 Å². The second-order valence-electron chi connectivity index (χ2n) is 13.5. The molecule has 1 aromatic carbocycles. The first kappa shape index (κ1) is 40.2. The van der Waals surface area contributed by atoms with Crippen LogP contribution in [-0.4, -0.2) is 13.0 Å². The van der Waals surface area contributed by atoms with Crippen molar-refractivity contribution < 1.29 is 13.0 Å². The number of rotatable bonds is 33. The molecule has 0 saturated heterocycles. The predicted octanol–water partition coefficient (Wildman–Crippen LogP) is 13.6. The third-order valence-electron chi connectivity index (χ3n) is 9.29. The molecule has 1 N–H and O–H groups in total. The van der Waals surface area contributed by atoms with Crippen LogP contribution in [0.5, 0.6) is 0 Å². The van der Waals surface area contributed by atoms with Crippen molar-refractivity contribution in [3.05, 3.63) is 29.8 Å². The lowest BCUT2D eigenvalue weighted by Gasteiger charge is -2.05. The Bertz CT molecular complexity index is 802. The van der Waals surface area contributed by atoms with E-state index in [2.05, 4.69) is 6.92 Å². The summed E-state index contributed by atoms with van der Waals surface area (Å²) in [5.41, 5.74) is 1.14. The van der Waals surface area contributed by atoms with Crippen LogP contribution in [0, 0.1) is 0 Å². The summed E-state index contributed by atoms with van der Waals surface area (Å²) < 4.78 is 31.3. The van der Waals surface area contributed by atoms with Crippen LogP contribution in [-0.2, 0) is 16.5 Å². The zero-order chi connectivity index (χ0) is 31.1. The molecule has 0 amide bonds. The molecule has 0 aliphatic heterocycles. The molecule has 43 heavy (non-hydrogen) atoms. The molecule has 4 heteroatoms. The van der Waals surface area contributed by atoms with E-state index in [-0.39, 0.29) is 4.90 Å². The molecule has 1 aromatic rings. The van der Waals surface area contributed by atoms with E-state index in [9.17, 15) is 8.42 Å². The number of hydrogen-bond donors (Lipinski definition) is 1. The van der Waals surface area contributed by atoms with Crippen molar-refractivity contribution in [1.29, 1.82) is 0 Å². The number of benzene rings is 1. The lowest BCUT2D eigenvalue weighted by molar-refractivity contribution is 0.483. The summed E-state index contributed by atoms with van der Waals surface area (Å²) in [6, 6.07) is 6.61. The van der Waals surface area contributed by atoms with Crippen LogP contribution in [0.25, 0.3) is 0 Å². The lowest BCUT2D eigenvalue weighted by Crippen LogP contribution is -1.98. The number of unbranched alkanes of at least 4 members (excludes halogenated alkanes) is 30. The van der Waals surface area contributed by atoms with Crippen LogP contribution < -0.4 is 0 Å². The Morgan fingerprint density at radius 2 is 0.628 bits per heavy atom. The van der Waals surface area contributed by atoms with E-state index in [4.69, 9.17) is 4.55 Å². The van der Waals surface area contributed by atoms with E-state index < -0.39 is 10.1 Å². The van der Waals surface area contributed by atoms with Gasteiger partial charge in [0, 0.05) is 0 Å². The third kappa shape index (κ3) is 27.2. The molecule has 0 aliphatic rings. The summed E-state index contributed by atoms with van der Waals surface area (Å²) >= 11 is 0. The minimum atomic E-state index is -4.08. The van der Waals surface area contributed by atoms with Gasteiger partial charge in [-0.15, -0.1) is 0 Å². The monoisotopic (exact) mass is 621 g/mol. The first-order chi connectivity index (χ1) is 21.0. The predicted molar refractivity (Wildman–Crippen MR) is 189 cm³/mol. The second-order valence-corrected chi connectivity index (χ2v) is 14.9. The van der Waals surface area contributed by atoms with Crippen molar-refractivity contribution in [3.8, 4) is 0 Å². The van der Waals surface area contributed by atoms with Gasteiger partial charge in [0.25, 0.3) is 10.1 Å². The van der Waals surface area contributed by atoms with E-state index in [1.54, 1.807) is 0 Å². The molecular weight excluding hydrogens is 548 g/mol. The average molecular weight is 621 g/mol. The quantitative estimate of drug-likeness (QED) is 0.0628. The number of aryl methyl sites for hydroxylation is 1. The van der Waals surface area contributed by atoms with Gasteiger partial charge in [-0.05, 0) is 30.5 Å². The maximum absolute atomic E-state index is 11.1. The van der Waals surface area contributed by atoms with Crippen molar-refractivity contribution in [2.24, 2.45) is 0 Å². The molecule has 0 bridgehead atoms. The van der Waals surface area contributed by atoms with Crippen LogP contribution in [0.1, 0.15) is 212 Å². The minimum Gasteiger partial charge on any atom is -0.282 e. The van der Waals surface area contributed by atoms with Crippen LogP contribution in [0.3, 0.4) is 0 Å². The Labute approximate surface area is 269 Å². The molecule has 0 spiro atoms. The highest BCUT2D eigenvalue weighted by Crippen LogP contribution is 2.17. The smallest absolute Gasteiger partial charge is 0.282 e. The Hall–Kier alpha value is -0.870. The SMILES string of the molecule is CCCCCCCCCCCCCCCCCCCCCCCCCCCCCCCCCc1ccc(S(=O)(=O)O)cc1. The maximum Gasteiger partial charge on any atom is 0.294 e. The van der Waals surface area contributed by atoms with Gasteiger partial charge >= 0.3 is 0 Å². The van der Waals surface area contributed by atoms with Gasteiger partial charge in [0.05, 0.1) is 4.90 Å². The number of hydrogen-bond acceptors (Lipinski definition) is 2. The fourth-order valence-corrected chi connectivity index (χ4v) is 6.84. The molecule has 0 fully saturated rings. The Balaban J connectivity index is 1.68. The highest BCUT2D eigenvalue weighted by atomic mass is 32.2. The molecule has 0 aliphatic carbocycles. The molecule has 252 valence electrons. The van der Waals surface area contributed by atoms with Gasteiger partial charge < -0.3 is 0 Å². The van der Waals surface area contributed by atoms with Gasteiger partial charge in [0.2, 0.25) is 0 Å². The van der Waals surface area contributed by atoms with Gasteiger partial charge in [-0.2, -0.15) is 8.42 Å². The lowest BCUT2D eigenvalue weighted by atomic mass is 10.0. The van der Waals surface area contributed by atoms with Gasteiger partial charge in [-0.1, -0.05) is 212 Å². The normalized spacial score (nSPS) is 11.9. The standard InChI is InChI=1S/C39H72O3S/c1-2-3-4-5-6-7-8-9-10-11-12-13-14-15-16-17-18-19-20-21-22-23-24-25-26-27-28-29-30-31-32-33-38-34-36-39(37-35-38)43(40,41)42/h34-37H,2-33H2,1H3,(H,40,41,42). The maximum atomic E-state index is 11.1. The van der Waals surface area contributed by atoms with E-state index >= 15 is 0 Å². The van der Waals surface area contributed by atoms with Crippen LogP contribution >= 0.6 is 0 Å². The first-order valence-electron chi connectivity index (χ1n) is 19.1. The van der Waals surface area contributed by atoms with Crippen molar-refractivity contribution in [2.75, 3.05) is 0 Å². The topological polar surface area (TPSA) is 54.4 Å². The first-order valence-corrected chi connectivity index (χ1v) is 20.5. The fraction of sp³-hybridized carbons (Fsp3) is 0.846. The van der Waals surface area contributed by atoms with E-state index in [1.165, 1.54) is 205 Å². The molecule has 0 radical (unpaired) electrons. The molecule has 1 rings (SSSR count). The molecule has 0 heterocycles. The summed E-state index contributed by atoms with van der Waals surface area (Å²) in [5, 5.41) is 0. The Morgan fingerprint density at radius 1 is 0.395 bits per heavy atom. The molecular formula is C39H72O3S. The molecule has 3 nitrogen and oxygen atoms in total. The van der Waals surface area contributed by atoms with Gasteiger partial charge in [0.15, 0.2) is 0 Å². The van der Waals surface area contributed by atoms with Gasteiger partial charge in [-0.25, -0.2) is 0 Å². The fourth-order valence-electron chi connectivity index (χ4n) is 6.36. The van der Waals surface area contributed by atoms with Gasteiger partial charge in [-0.3, -0.25) is 4.55 Å². The highest BCUT2D eigenvalue weighted by molar-refractivity contribution is 7.85. The largest absolute Gasteiger partial charge is 0.294 e. The summed E-state index contributed by atoms with van der Waals surface area (Å²) in [5.74, 6) is 0. The summed E-state index contributed by atoms with van der Waals surface area (Å²) in [4.78, 5) is -0.0212. The van der Waals surface area contributed by atoms with E-state index in [1.807, 2.05) is 12.1 Å². The Morgan fingerprint density at radius 3 is 0.860 bits per heavy atom. The molecule has 0 aromatic heterocycles. The van der Waals surface area contributed by atoms with Crippen molar-refractivity contribution in [3.63, 3.8) is 0 Å². The van der Waals surface area contributed by atoms with E-state index in [0.29, 0.717) is 0 Å². The zero-order valence-electron chi connectivity index (χ0n) is 28.6. The van der Waals surface area contributed by atoms with E-state index in [0.717, 1.165) is 18.4 Å². The van der Waals surface area contributed by atoms with Gasteiger partial charge in [0.1, 0.15) is 0 Å². The highest BCUT2D eigenvalue weighted by Gasteiger charge is 2.08. The van der Waals surface area contributed by atoms with Crippen molar-refractivity contribution in [1.82, 2.24) is 0 Å². The molecule has 0 atom stereocenters. The Kier molecular flexibility index (Phi) is 27.8. The van der Waals surface area contributed by atoms with Crippen molar-refractivity contribution >= 4 is 10.1 Å². The van der Waals surface area contributed by atoms with Crippen LogP contribution in [0.2, 0.25) is 0 Å². The zero-order valence-corrected chi connectivity index (χ0v) is 29.4. The van der Waals surface area contributed by atoms with Crippen LogP contribution in [0.15, 0.2) is 29.2 Å². The summed E-state index contributed by atoms with van der Waals surface area (Å²) in [6.45, 7) is 2.30. The molecule has 0 saturated carbocycles. The summed E-state index contributed by atoms with van der Waals surface area (Å²) in [6.07, 6.45) is 45.0. The summed E-state index contributed by atoms with van der Waals surface area (Å²) in [7, 11) is -4.08. The third-order valence-corrected chi connectivity index (χ3v) is 10.2. The second kappa shape index (κ2) is 29.8. The molecule has 0 unspecified atom stereocenters. The van der Waals surface area contributed by atoms with Crippen LogP contribution in [0.4, 0.5) is 0 Å². The minimum absolute atomic E-state index is 0.0212.